The fraction of sp³-hybridized carbons (Fsp3) is 0.120. The number of carbonyl (C=O) groups is 1. The van der Waals surface area contributed by atoms with E-state index in [0.29, 0.717) is 6.54 Å². The van der Waals surface area contributed by atoms with Gasteiger partial charge in [0.25, 0.3) is 5.91 Å². The molecule has 7 nitrogen and oxygen atoms in total. The number of nitrogens with zero attached hydrogens (tertiary/aromatic N) is 4. The van der Waals surface area contributed by atoms with Crippen LogP contribution in [0.3, 0.4) is 0 Å². The molecule has 0 bridgehead atoms. The third-order valence-electron chi connectivity index (χ3n) is 5.85. The molecule has 0 unspecified atom stereocenters. The minimum atomic E-state index is -0.559. The minimum absolute atomic E-state index is 0.0140. The highest BCUT2D eigenvalue weighted by atomic mass is 16.2. The van der Waals surface area contributed by atoms with E-state index < -0.39 is 5.91 Å². The Hall–Kier alpha value is -4.26. The van der Waals surface area contributed by atoms with Crippen molar-refractivity contribution in [3.05, 3.63) is 83.2 Å². The van der Waals surface area contributed by atoms with E-state index in [4.69, 9.17) is 5.73 Å². The van der Waals surface area contributed by atoms with E-state index in [2.05, 4.69) is 22.1 Å². The summed E-state index contributed by atoms with van der Waals surface area (Å²) in [6, 6.07) is 17.6. The first kappa shape index (κ1) is 19.7. The second kappa shape index (κ2) is 7.46. The Labute approximate surface area is 183 Å². The van der Waals surface area contributed by atoms with Crippen molar-refractivity contribution >= 4 is 27.7 Å². The molecule has 158 valence electrons. The normalized spacial score (nSPS) is 11.3. The van der Waals surface area contributed by atoms with E-state index in [-0.39, 0.29) is 11.4 Å². The first-order chi connectivity index (χ1) is 15.5. The number of benzene rings is 2. The van der Waals surface area contributed by atoms with Crippen LogP contribution in [0.15, 0.2) is 71.8 Å². The third-order valence-corrected chi connectivity index (χ3v) is 5.85. The van der Waals surface area contributed by atoms with Crippen molar-refractivity contribution in [1.82, 2.24) is 19.1 Å². The number of fused-ring (bicyclic) bond motifs is 2. The lowest BCUT2D eigenvalue weighted by atomic mass is 9.98. The first-order valence-corrected chi connectivity index (χ1v) is 10.3. The smallest absolute Gasteiger partial charge is 0.328 e. The summed E-state index contributed by atoms with van der Waals surface area (Å²) in [5.41, 5.74) is 10.9. The van der Waals surface area contributed by atoms with Crippen LogP contribution in [0.2, 0.25) is 0 Å². The summed E-state index contributed by atoms with van der Waals surface area (Å²) >= 11 is 0. The monoisotopic (exact) mass is 423 g/mol. The largest absolute Gasteiger partial charge is 0.364 e. The van der Waals surface area contributed by atoms with Crippen LogP contribution in [0.5, 0.6) is 0 Å². The second-order valence-electron chi connectivity index (χ2n) is 7.68. The topological polar surface area (TPSA) is 95.8 Å². The summed E-state index contributed by atoms with van der Waals surface area (Å²) < 4.78 is 3.46. The van der Waals surface area contributed by atoms with Gasteiger partial charge in [0.05, 0.1) is 16.7 Å². The standard InChI is InChI=1S/C25H21N5O2/c1-3-30-23-12-16(8-10-22(23)29(2)25(30)32)18-6-4-5-15-11-21(28-14-19(15)18)17-7-9-20(24(26)31)27-13-17/h4-14H,3H2,1-2H3,(H2,26,31). The van der Waals surface area contributed by atoms with Crippen LogP contribution in [0, 0.1) is 0 Å². The molecule has 0 aliphatic heterocycles. The summed E-state index contributed by atoms with van der Waals surface area (Å²) in [5.74, 6) is -0.559. The predicted molar refractivity (Wildman–Crippen MR) is 125 cm³/mol. The van der Waals surface area contributed by atoms with Gasteiger partial charge in [0, 0.05) is 36.9 Å². The number of aromatic nitrogens is 4. The van der Waals surface area contributed by atoms with Crippen molar-refractivity contribution in [2.24, 2.45) is 12.8 Å². The van der Waals surface area contributed by atoms with Gasteiger partial charge in [-0.2, -0.15) is 0 Å². The highest BCUT2D eigenvalue weighted by Crippen LogP contribution is 2.32. The maximum atomic E-state index is 12.5. The van der Waals surface area contributed by atoms with Crippen molar-refractivity contribution in [2.45, 2.75) is 13.5 Å². The summed E-state index contributed by atoms with van der Waals surface area (Å²) in [6.45, 7) is 2.59. The van der Waals surface area contributed by atoms with Gasteiger partial charge in [-0.3, -0.25) is 23.9 Å². The van der Waals surface area contributed by atoms with E-state index >= 15 is 0 Å². The number of hydrogen-bond donors (Lipinski definition) is 1. The van der Waals surface area contributed by atoms with Gasteiger partial charge in [0.1, 0.15) is 5.69 Å². The number of nitrogens with two attached hydrogens (primary N) is 1. The van der Waals surface area contributed by atoms with Gasteiger partial charge in [0.2, 0.25) is 0 Å². The van der Waals surface area contributed by atoms with Crippen LogP contribution in [-0.2, 0) is 13.6 Å². The molecule has 3 aromatic heterocycles. The zero-order chi connectivity index (χ0) is 22.4. The van der Waals surface area contributed by atoms with Crippen molar-refractivity contribution < 1.29 is 4.79 Å². The maximum absolute atomic E-state index is 12.5. The molecule has 0 aliphatic carbocycles. The Kier molecular flexibility index (Phi) is 4.59. The van der Waals surface area contributed by atoms with Crippen LogP contribution >= 0.6 is 0 Å². The molecule has 0 atom stereocenters. The number of rotatable bonds is 4. The van der Waals surface area contributed by atoms with E-state index in [1.54, 1.807) is 34.5 Å². The fourth-order valence-corrected chi connectivity index (χ4v) is 4.16. The minimum Gasteiger partial charge on any atom is -0.364 e. The van der Waals surface area contributed by atoms with E-state index in [9.17, 15) is 9.59 Å². The van der Waals surface area contributed by atoms with Gasteiger partial charge in [-0.05, 0) is 53.8 Å². The summed E-state index contributed by atoms with van der Waals surface area (Å²) in [7, 11) is 1.80. The number of amides is 1. The van der Waals surface area contributed by atoms with Crippen LogP contribution < -0.4 is 11.4 Å². The SMILES string of the molecule is CCn1c(=O)n(C)c2ccc(-c3cccc4cc(-c5ccc(C(N)=O)nc5)ncc34)cc21. The van der Waals surface area contributed by atoms with E-state index in [0.717, 1.165) is 44.2 Å². The predicted octanol–water partition coefficient (Wildman–Crippen LogP) is 3.74. The average molecular weight is 423 g/mol. The molecule has 2 aromatic carbocycles. The molecule has 0 aliphatic rings. The number of hydrogen-bond acceptors (Lipinski definition) is 4. The Balaban J connectivity index is 1.63. The average Bonchev–Trinajstić information content (AvgIpc) is 3.07. The van der Waals surface area contributed by atoms with Gasteiger partial charge < -0.3 is 5.73 Å². The van der Waals surface area contributed by atoms with Crippen LogP contribution in [0.4, 0.5) is 0 Å². The Morgan fingerprint density at radius 3 is 2.50 bits per heavy atom. The Morgan fingerprint density at radius 1 is 0.969 bits per heavy atom. The zero-order valence-electron chi connectivity index (χ0n) is 17.7. The van der Waals surface area contributed by atoms with Crippen LogP contribution in [0.1, 0.15) is 17.4 Å². The van der Waals surface area contributed by atoms with Crippen molar-refractivity contribution in [3.63, 3.8) is 0 Å². The van der Waals surface area contributed by atoms with Crippen molar-refractivity contribution in [2.75, 3.05) is 0 Å². The molecule has 0 saturated carbocycles. The number of pyridine rings is 2. The molecule has 0 radical (unpaired) electrons. The highest BCUT2D eigenvalue weighted by Gasteiger charge is 2.13. The molecule has 3 heterocycles. The number of aryl methyl sites for hydroxylation is 2. The second-order valence-corrected chi connectivity index (χ2v) is 7.68. The molecule has 7 heteroatoms. The van der Waals surface area contributed by atoms with Crippen molar-refractivity contribution in [1.29, 1.82) is 0 Å². The Bertz CT molecular complexity index is 1560. The molecule has 2 N–H and O–H groups in total. The molecule has 5 rings (SSSR count). The van der Waals surface area contributed by atoms with Crippen LogP contribution in [0.25, 0.3) is 44.2 Å². The van der Waals surface area contributed by atoms with Gasteiger partial charge in [-0.1, -0.05) is 24.3 Å². The quantitative estimate of drug-likeness (QED) is 0.476. The van der Waals surface area contributed by atoms with Gasteiger partial charge in [-0.25, -0.2) is 4.79 Å². The zero-order valence-corrected chi connectivity index (χ0v) is 17.7. The number of imidazole rings is 1. The summed E-state index contributed by atoms with van der Waals surface area (Å²) in [5, 5.41) is 2.05. The summed E-state index contributed by atoms with van der Waals surface area (Å²) in [6.07, 6.45) is 3.45. The lowest BCUT2D eigenvalue weighted by Gasteiger charge is -2.09. The fourth-order valence-electron chi connectivity index (χ4n) is 4.16. The molecular weight excluding hydrogens is 402 g/mol. The lowest BCUT2D eigenvalue weighted by molar-refractivity contribution is 0.0995. The van der Waals surface area contributed by atoms with E-state index in [1.807, 2.05) is 43.5 Å². The van der Waals surface area contributed by atoms with E-state index in [1.165, 1.54) is 0 Å². The molecule has 1 amide bonds. The molecule has 0 fully saturated rings. The molecular formula is C25H21N5O2. The molecule has 5 aromatic rings. The van der Waals surface area contributed by atoms with Crippen LogP contribution in [-0.4, -0.2) is 25.0 Å². The van der Waals surface area contributed by atoms with Gasteiger partial charge in [-0.15, -0.1) is 0 Å². The third kappa shape index (κ3) is 3.06. The number of carbonyl (C=O) groups excluding carboxylic acids is 1. The Morgan fingerprint density at radius 2 is 1.78 bits per heavy atom. The lowest BCUT2D eigenvalue weighted by Crippen LogP contribution is -2.21. The van der Waals surface area contributed by atoms with Gasteiger partial charge in [0.15, 0.2) is 0 Å². The van der Waals surface area contributed by atoms with Crippen molar-refractivity contribution in [3.8, 4) is 22.4 Å². The molecule has 0 saturated heterocycles. The highest BCUT2D eigenvalue weighted by molar-refractivity contribution is 5.99. The first-order valence-electron chi connectivity index (χ1n) is 10.3. The molecule has 0 spiro atoms. The maximum Gasteiger partial charge on any atom is 0.328 e. The summed E-state index contributed by atoms with van der Waals surface area (Å²) in [4.78, 5) is 32.5. The number of primary amides is 1. The molecule has 32 heavy (non-hydrogen) atoms. The van der Waals surface area contributed by atoms with Gasteiger partial charge >= 0.3 is 5.69 Å².